The van der Waals surface area contributed by atoms with Gasteiger partial charge in [0, 0.05) is 10.0 Å². The summed E-state index contributed by atoms with van der Waals surface area (Å²) in [4.78, 5) is 0.257. The van der Waals surface area contributed by atoms with Crippen molar-refractivity contribution in [3.05, 3.63) is 58.1 Å². The predicted octanol–water partition coefficient (Wildman–Crippen LogP) is 3.17. The van der Waals surface area contributed by atoms with Crippen molar-refractivity contribution in [1.82, 2.24) is 4.72 Å². The van der Waals surface area contributed by atoms with Gasteiger partial charge in [0.2, 0.25) is 10.0 Å². The highest BCUT2D eigenvalue weighted by Gasteiger charge is 2.28. The lowest BCUT2D eigenvalue weighted by molar-refractivity contribution is 0.325. The molecular weight excluding hydrogens is 354 g/mol. The molecule has 1 atom stereocenters. The average Bonchev–Trinajstić information content (AvgIpc) is 2.85. The highest BCUT2D eigenvalue weighted by molar-refractivity contribution is 9.10. The Morgan fingerprint density at radius 3 is 2.76 bits per heavy atom. The fraction of sp³-hybridized carbons (Fsp3) is 0.200. The highest BCUT2D eigenvalue weighted by Crippen LogP contribution is 2.33. The Morgan fingerprint density at radius 2 is 2.00 bits per heavy atom. The Labute approximate surface area is 132 Å². The van der Waals surface area contributed by atoms with E-state index in [1.165, 1.54) is 0 Å². The molecule has 0 radical (unpaired) electrons. The largest absolute Gasteiger partial charge is 0.491 e. The van der Waals surface area contributed by atoms with E-state index in [1.807, 2.05) is 31.2 Å². The maximum atomic E-state index is 12.5. The van der Waals surface area contributed by atoms with E-state index in [2.05, 4.69) is 20.7 Å². The van der Waals surface area contributed by atoms with Crippen molar-refractivity contribution in [2.75, 3.05) is 6.61 Å². The van der Waals surface area contributed by atoms with E-state index in [-0.39, 0.29) is 10.9 Å². The topological polar surface area (TPSA) is 55.4 Å². The number of hydrogen-bond acceptors (Lipinski definition) is 3. The van der Waals surface area contributed by atoms with Gasteiger partial charge in [-0.05, 0) is 36.8 Å². The van der Waals surface area contributed by atoms with Crippen molar-refractivity contribution in [1.29, 1.82) is 0 Å². The molecule has 1 aliphatic heterocycles. The number of para-hydroxylation sites is 1. The zero-order chi connectivity index (χ0) is 15.0. The zero-order valence-corrected chi connectivity index (χ0v) is 13.7. The van der Waals surface area contributed by atoms with Gasteiger partial charge in [0.15, 0.2) is 0 Å². The number of rotatable bonds is 3. The molecule has 0 aliphatic carbocycles. The lowest BCUT2D eigenvalue weighted by Crippen LogP contribution is -2.29. The van der Waals surface area contributed by atoms with Crippen LogP contribution in [0.4, 0.5) is 0 Å². The third-order valence-electron chi connectivity index (χ3n) is 3.44. The third kappa shape index (κ3) is 2.84. The van der Waals surface area contributed by atoms with Crippen molar-refractivity contribution in [3.63, 3.8) is 0 Å². The summed E-state index contributed by atoms with van der Waals surface area (Å²) in [6, 6.07) is 12.1. The van der Waals surface area contributed by atoms with E-state index in [0.717, 1.165) is 21.3 Å². The van der Waals surface area contributed by atoms with E-state index < -0.39 is 10.0 Å². The Balaban J connectivity index is 1.89. The molecule has 3 rings (SSSR count). The van der Waals surface area contributed by atoms with Crippen LogP contribution >= 0.6 is 15.9 Å². The number of hydrogen-bond donors (Lipinski definition) is 1. The summed E-state index contributed by atoms with van der Waals surface area (Å²) >= 11 is 3.37. The number of ether oxygens (including phenoxy) is 1. The molecule has 1 heterocycles. The summed E-state index contributed by atoms with van der Waals surface area (Å²) in [5, 5.41) is 0. The minimum Gasteiger partial charge on any atom is -0.491 e. The van der Waals surface area contributed by atoms with Gasteiger partial charge in [-0.2, -0.15) is 0 Å². The van der Waals surface area contributed by atoms with Crippen LogP contribution in [0.1, 0.15) is 17.2 Å². The van der Waals surface area contributed by atoms with Crippen LogP contribution < -0.4 is 9.46 Å². The first-order valence-electron chi connectivity index (χ1n) is 6.47. The molecule has 1 aliphatic rings. The van der Waals surface area contributed by atoms with Gasteiger partial charge in [0.1, 0.15) is 12.4 Å². The third-order valence-corrected chi connectivity index (χ3v) is 5.80. The number of fused-ring (bicyclic) bond motifs is 1. The van der Waals surface area contributed by atoms with E-state index >= 15 is 0 Å². The van der Waals surface area contributed by atoms with Crippen LogP contribution in [0.2, 0.25) is 0 Å². The molecule has 1 N–H and O–H groups in total. The molecule has 21 heavy (non-hydrogen) atoms. The molecule has 0 saturated carbocycles. The van der Waals surface area contributed by atoms with E-state index in [4.69, 9.17) is 4.74 Å². The second-order valence-corrected chi connectivity index (χ2v) is 7.50. The lowest BCUT2D eigenvalue weighted by atomic mass is 10.1. The van der Waals surface area contributed by atoms with Crippen LogP contribution in [0.25, 0.3) is 0 Å². The van der Waals surface area contributed by atoms with Crippen LogP contribution in [0.15, 0.2) is 51.8 Å². The van der Waals surface area contributed by atoms with Crippen molar-refractivity contribution in [2.45, 2.75) is 17.9 Å². The van der Waals surface area contributed by atoms with Gasteiger partial charge in [-0.3, -0.25) is 0 Å². The average molecular weight is 368 g/mol. The minimum absolute atomic E-state index is 0.257. The molecule has 0 bridgehead atoms. The summed E-state index contributed by atoms with van der Waals surface area (Å²) in [5.74, 6) is 0.734. The van der Waals surface area contributed by atoms with E-state index in [9.17, 15) is 8.42 Å². The Morgan fingerprint density at radius 1 is 1.24 bits per heavy atom. The first-order valence-corrected chi connectivity index (χ1v) is 8.75. The van der Waals surface area contributed by atoms with Gasteiger partial charge in [-0.1, -0.05) is 34.1 Å². The predicted molar refractivity (Wildman–Crippen MR) is 83.9 cm³/mol. The molecule has 110 valence electrons. The molecule has 0 spiro atoms. The van der Waals surface area contributed by atoms with Crippen LogP contribution in [0.3, 0.4) is 0 Å². The first-order chi connectivity index (χ1) is 9.97. The molecule has 0 saturated heterocycles. The number of nitrogens with one attached hydrogen (secondary N) is 1. The molecule has 6 heteroatoms. The first kappa shape index (κ1) is 14.6. The lowest BCUT2D eigenvalue weighted by Gasteiger charge is -2.13. The molecule has 2 aromatic rings. The number of halogens is 1. The summed E-state index contributed by atoms with van der Waals surface area (Å²) in [7, 11) is -3.58. The summed E-state index contributed by atoms with van der Waals surface area (Å²) in [6.07, 6.45) is 0. The zero-order valence-electron chi connectivity index (χ0n) is 11.3. The molecule has 0 amide bonds. The summed E-state index contributed by atoms with van der Waals surface area (Å²) < 4.78 is 34.1. The van der Waals surface area contributed by atoms with E-state index in [1.54, 1.807) is 18.2 Å². The molecular formula is C15H14BrNO3S. The van der Waals surface area contributed by atoms with Crippen molar-refractivity contribution < 1.29 is 13.2 Å². The molecule has 1 unspecified atom stereocenters. The second kappa shape index (κ2) is 5.44. The van der Waals surface area contributed by atoms with Crippen molar-refractivity contribution in [2.24, 2.45) is 0 Å². The van der Waals surface area contributed by atoms with Crippen LogP contribution in [-0.2, 0) is 10.0 Å². The smallest absolute Gasteiger partial charge is 0.241 e. The Hall–Kier alpha value is -1.37. The molecule has 4 nitrogen and oxygen atoms in total. The van der Waals surface area contributed by atoms with Crippen LogP contribution in [0, 0.1) is 6.92 Å². The summed E-state index contributed by atoms with van der Waals surface area (Å²) in [5.41, 5.74) is 1.75. The summed E-state index contributed by atoms with van der Waals surface area (Å²) in [6.45, 7) is 2.17. The minimum atomic E-state index is -3.58. The highest BCUT2D eigenvalue weighted by atomic mass is 79.9. The van der Waals surface area contributed by atoms with Crippen LogP contribution in [-0.4, -0.2) is 15.0 Å². The number of sulfonamides is 1. The van der Waals surface area contributed by atoms with Crippen molar-refractivity contribution >= 4 is 26.0 Å². The number of aryl methyl sites for hydroxylation is 1. The second-order valence-electron chi connectivity index (χ2n) is 4.93. The van der Waals surface area contributed by atoms with Gasteiger partial charge >= 0.3 is 0 Å². The van der Waals surface area contributed by atoms with Gasteiger partial charge in [0.25, 0.3) is 0 Å². The van der Waals surface area contributed by atoms with Crippen molar-refractivity contribution in [3.8, 4) is 5.75 Å². The normalized spacial score (nSPS) is 17.3. The number of benzene rings is 2. The fourth-order valence-corrected chi connectivity index (χ4v) is 3.83. The Kier molecular flexibility index (Phi) is 3.77. The van der Waals surface area contributed by atoms with Gasteiger partial charge < -0.3 is 4.74 Å². The standard InChI is InChI=1S/C15H14BrNO3S/c1-10-8-11(6-7-13(10)16)21(18,19)17-14-9-20-15-5-3-2-4-12(14)15/h2-8,14,17H,9H2,1H3. The SMILES string of the molecule is Cc1cc(S(=O)(=O)NC2COc3ccccc32)ccc1Br. The quantitative estimate of drug-likeness (QED) is 0.906. The molecule has 0 fully saturated rings. The Bertz CT molecular complexity index is 789. The fourth-order valence-electron chi connectivity index (χ4n) is 2.30. The maximum Gasteiger partial charge on any atom is 0.241 e. The monoisotopic (exact) mass is 367 g/mol. The van der Waals surface area contributed by atoms with Crippen LogP contribution in [0.5, 0.6) is 5.75 Å². The molecule has 0 aromatic heterocycles. The van der Waals surface area contributed by atoms with E-state index in [0.29, 0.717) is 6.61 Å². The van der Waals surface area contributed by atoms with Gasteiger partial charge in [0.05, 0.1) is 10.9 Å². The maximum absolute atomic E-state index is 12.5. The molecule has 2 aromatic carbocycles. The van der Waals surface area contributed by atoms with Gasteiger partial charge in [-0.25, -0.2) is 13.1 Å². The van der Waals surface area contributed by atoms with Gasteiger partial charge in [-0.15, -0.1) is 0 Å².